The molecule has 1 aromatic rings. The molecule has 23 heavy (non-hydrogen) atoms. The number of hydrogen-bond acceptors (Lipinski definition) is 6. The zero-order valence-electron chi connectivity index (χ0n) is 12.8. The summed E-state index contributed by atoms with van der Waals surface area (Å²) in [5, 5.41) is 4.42. The van der Waals surface area contributed by atoms with Crippen molar-refractivity contribution < 1.29 is 27.5 Å². The molecule has 0 aromatic heterocycles. The first kappa shape index (κ1) is 18.6. The van der Waals surface area contributed by atoms with Crippen molar-refractivity contribution in [3.8, 4) is 0 Å². The number of imide groups is 1. The molecule has 0 fully saturated rings. The zero-order chi connectivity index (χ0) is 17.5. The van der Waals surface area contributed by atoms with Crippen molar-refractivity contribution in [1.82, 2.24) is 10.6 Å². The Morgan fingerprint density at radius 2 is 1.91 bits per heavy atom. The van der Waals surface area contributed by atoms with Crippen LogP contribution in [0.25, 0.3) is 0 Å². The highest BCUT2D eigenvalue weighted by Gasteiger charge is 2.15. The maximum absolute atomic E-state index is 11.8. The Kier molecular flexibility index (Phi) is 6.70. The van der Waals surface area contributed by atoms with E-state index in [1.807, 2.05) is 12.2 Å². The molecule has 0 saturated carbocycles. The Morgan fingerprint density at radius 3 is 2.52 bits per heavy atom. The monoisotopic (exact) mass is 342 g/mol. The van der Waals surface area contributed by atoms with Gasteiger partial charge in [-0.2, -0.15) is 0 Å². The first-order valence-electron chi connectivity index (χ1n) is 6.79. The second kappa shape index (κ2) is 8.28. The molecular weight excluding hydrogens is 324 g/mol. The highest BCUT2D eigenvalue weighted by molar-refractivity contribution is 7.90. The van der Waals surface area contributed by atoms with Crippen LogP contribution in [-0.4, -0.2) is 45.7 Å². The normalized spacial score (nSPS) is 10.7. The van der Waals surface area contributed by atoms with Crippen molar-refractivity contribution in [3.05, 3.63) is 29.8 Å². The van der Waals surface area contributed by atoms with Gasteiger partial charge in [-0.15, -0.1) is 0 Å². The first-order chi connectivity index (χ1) is 10.7. The van der Waals surface area contributed by atoms with Crippen LogP contribution in [0.1, 0.15) is 23.7 Å². The van der Waals surface area contributed by atoms with Crippen LogP contribution < -0.4 is 10.6 Å². The van der Waals surface area contributed by atoms with Gasteiger partial charge in [0.15, 0.2) is 16.4 Å². The van der Waals surface area contributed by atoms with Gasteiger partial charge in [-0.05, 0) is 24.6 Å². The van der Waals surface area contributed by atoms with E-state index in [2.05, 4.69) is 5.32 Å². The summed E-state index contributed by atoms with van der Waals surface area (Å²) in [6, 6.07) is 4.58. The van der Waals surface area contributed by atoms with Gasteiger partial charge in [-0.1, -0.05) is 13.0 Å². The molecule has 0 saturated heterocycles. The SMILES string of the molecule is CCCNC(=O)NC(=O)COC(=O)c1cccc(S(C)(=O)=O)c1. The molecule has 3 amide bonds. The van der Waals surface area contributed by atoms with E-state index in [-0.39, 0.29) is 10.5 Å². The van der Waals surface area contributed by atoms with Gasteiger partial charge in [0.05, 0.1) is 10.5 Å². The lowest BCUT2D eigenvalue weighted by Gasteiger charge is -2.07. The van der Waals surface area contributed by atoms with E-state index in [0.29, 0.717) is 13.0 Å². The average molecular weight is 342 g/mol. The summed E-state index contributed by atoms with van der Waals surface area (Å²) in [5.74, 6) is -1.65. The van der Waals surface area contributed by atoms with E-state index in [4.69, 9.17) is 4.74 Å². The molecular formula is C14H18N2O6S. The van der Waals surface area contributed by atoms with Crippen LogP contribution in [0.5, 0.6) is 0 Å². The van der Waals surface area contributed by atoms with Gasteiger partial charge in [0.25, 0.3) is 5.91 Å². The van der Waals surface area contributed by atoms with Crippen LogP contribution in [0.2, 0.25) is 0 Å². The number of rotatable bonds is 6. The summed E-state index contributed by atoms with van der Waals surface area (Å²) in [6.45, 7) is 1.62. The molecule has 0 aliphatic heterocycles. The largest absolute Gasteiger partial charge is 0.452 e. The van der Waals surface area contributed by atoms with E-state index >= 15 is 0 Å². The molecule has 0 radical (unpaired) electrons. The highest BCUT2D eigenvalue weighted by atomic mass is 32.2. The molecule has 0 bridgehead atoms. The van der Waals surface area contributed by atoms with Crippen LogP contribution in [0.4, 0.5) is 4.79 Å². The third-order valence-corrected chi connectivity index (χ3v) is 3.73. The molecule has 9 heteroatoms. The smallest absolute Gasteiger partial charge is 0.338 e. The van der Waals surface area contributed by atoms with Crippen molar-refractivity contribution >= 4 is 27.7 Å². The molecule has 2 N–H and O–H groups in total. The fraction of sp³-hybridized carbons (Fsp3) is 0.357. The van der Waals surface area contributed by atoms with Crippen molar-refractivity contribution in [2.75, 3.05) is 19.4 Å². The standard InChI is InChI=1S/C14H18N2O6S/c1-3-7-15-14(19)16-12(17)9-22-13(18)10-5-4-6-11(8-10)23(2,20)21/h4-6,8H,3,7,9H2,1-2H3,(H2,15,16,17,19). The van der Waals surface area contributed by atoms with Gasteiger partial charge in [-0.3, -0.25) is 10.1 Å². The van der Waals surface area contributed by atoms with Gasteiger partial charge in [0.2, 0.25) is 0 Å². The van der Waals surface area contributed by atoms with Crippen molar-refractivity contribution in [1.29, 1.82) is 0 Å². The molecule has 0 aliphatic carbocycles. The summed E-state index contributed by atoms with van der Waals surface area (Å²) >= 11 is 0. The van der Waals surface area contributed by atoms with Gasteiger partial charge < -0.3 is 10.1 Å². The minimum absolute atomic E-state index is 0.00356. The number of nitrogens with one attached hydrogen (secondary N) is 2. The highest BCUT2D eigenvalue weighted by Crippen LogP contribution is 2.12. The fourth-order valence-electron chi connectivity index (χ4n) is 1.51. The lowest BCUT2D eigenvalue weighted by molar-refractivity contribution is -0.123. The van der Waals surface area contributed by atoms with Gasteiger partial charge >= 0.3 is 12.0 Å². The summed E-state index contributed by atoms with van der Waals surface area (Å²) < 4.78 is 27.6. The molecule has 0 heterocycles. The maximum Gasteiger partial charge on any atom is 0.338 e. The number of hydrogen-bond donors (Lipinski definition) is 2. The number of carbonyl (C=O) groups excluding carboxylic acids is 3. The average Bonchev–Trinajstić information content (AvgIpc) is 2.50. The van der Waals surface area contributed by atoms with Gasteiger partial charge in [0.1, 0.15) is 0 Å². The van der Waals surface area contributed by atoms with Gasteiger partial charge in [0, 0.05) is 12.8 Å². The first-order valence-corrected chi connectivity index (χ1v) is 8.68. The van der Waals surface area contributed by atoms with Crippen molar-refractivity contribution in [2.45, 2.75) is 18.2 Å². The fourth-order valence-corrected chi connectivity index (χ4v) is 2.18. The number of carbonyl (C=O) groups is 3. The molecule has 0 atom stereocenters. The predicted octanol–water partition coefficient (Wildman–Crippen LogP) is 0.483. The second-order valence-electron chi connectivity index (χ2n) is 4.68. The topological polar surface area (TPSA) is 119 Å². The summed E-state index contributed by atoms with van der Waals surface area (Å²) in [5.41, 5.74) is -0.00356. The number of esters is 1. The molecule has 126 valence electrons. The Morgan fingerprint density at radius 1 is 1.22 bits per heavy atom. The number of urea groups is 1. The van der Waals surface area contributed by atoms with E-state index in [1.165, 1.54) is 18.2 Å². The number of ether oxygens (including phenoxy) is 1. The Labute approximate surface area is 134 Å². The Hall–Kier alpha value is -2.42. The molecule has 0 spiro atoms. The lowest BCUT2D eigenvalue weighted by Crippen LogP contribution is -2.41. The minimum atomic E-state index is -3.45. The van der Waals surface area contributed by atoms with E-state index in [9.17, 15) is 22.8 Å². The summed E-state index contributed by atoms with van der Waals surface area (Å²) in [4.78, 5) is 34.4. The predicted molar refractivity (Wildman–Crippen MR) is 81.7 cm³/mol. The van der Waals surface area contributed by atoms with Crippen LogP contribution in [0, 0.1) is 0 Å². The number of benzene rings is 1. The quantitative estimate of drug-likeness (QED) is 0.726. The number of amides is 3. The van der Waals surface area contributed by atoms with Crippen LogP contribution in [0.15, 0.2) is 29.2 Å². The zero-order valence-corrected chi connectivity index (χ0v) is 13.6. The van der Waals surface area contributed by atoms with Crippen molar-refractivity contribution in [2.24, 2.45) is 0 Å². The van der Waals surface area contributed by atoms with E-state index in [0.717, 1.165) is 12.3 Å². The van der Waals surface area contributed by atoms with Crippen LogP contribution >= 0.6 is 0 Å². The minimum Gasteiger partial charge on any atom is -0.452 e. The molecule has 0 aliphatic rings. The van der Waals surface area contributed by atoms with Gasteiger partial charge in [-0.25, -0.2) is 18.0 Å². The van der Waals surface area contributed by atoms with Crippen LogP contribution in [-0.2, 0) is 19.4 Å². The Bertz CT molecular complexity index is 699. The summed E-state index contributed by atoms with van der Waals surface area (Å²) in [6.07, 6.45) is 1.73. The van der Waals surface area contributed by atoms with E-state index < -0.39 is 34.4 Å². The third kappa shape index (κ3) is 6.47. The lowest BCUT2D eigenvalue weighted by atomic mass is 10.2. The second-order valence-corrected chi connectivity index (χ2v) is 6.70. The molecule has 0 unspecified atom stereocenters. The summed E-state index contributed by atoms with van der Waals surface area (Å²) in [7, 11) is -3.45. The maximum atomic E-state index is 11.8. The molecule has 1 aromatic carbocycles. The van der Waals surface area contributed by atoms with E-state index in [1.54, 1.807) is 0 Å². The number of sulfone groups is 1. The Balaban J connectivity index is 2.57. The molecule has 1 rings (SSSR count). The third-order valence-electron chi connectivity index (χ3n) is 2.62. The van der Waals surface area contributed by atoms with Crippen molar-refractivity contribution in [3.63, 3.8) is 0 Å². The van der Waals surface area contributed by atoms with Crippen LogP contribution in [0.3, 0.4) is 0 Å². The molecule has 8 nitrogen and oxygen atoms in total.